The minimum Gasteiger partial charge on any atom is -0.468 e. The molecule has 8 heteroatoms. The average Bonchev–Trinajstić information content (AvgIpc) is 3.01. The number of nitrogens with zero attached hydrogens (tertiary/aromatic N) is 4. The lowest BCUT2D eigenvalue weighted by atomic mass is 10.4. The van der Waals surface area contributed by atoms with Gasteiger partial charge < -0.3 is 4.74 Å². The maximum atomic E-state index is 11.1. The van der Waals surface area contributed by atoms with Crippen molar-refractivity contribution in [2.75, 3.05) is 12.9 Å². The average molecular weight is 298 g/mol. The van der Waals surface area contributed by atoms with Crippen LogP contribution in [-0.4, -0.2) is 38.8 Å². The Hall–Kier alpha value is -1.41. The van der Waals surface area contributed by atoms with E-state index in [0.29, 0.717) is 0 Å². The summed E-state index contributed by atoms with van der Waals surface area (Å²) in [7, 11) is 1.37. The third kappa shape index (κ3) is 3.32. The minimum atomic E-state index is -0.267. The van der Waals surface area contributed by atoms with Gasteiger partial charge in [-0.15, -0.1) is 10.2 Å². The van der Waals surface area contributed by atoms with Crippen LogP contribution >= 0.6 is 23.1 Å². The molecule has 0 aliphatic rings. The Morgan fingerprint density at radius 2 is 2.32 bits per heavy atom. The molecule has 0 amide bonds. The summed E-state index contributed by atoms with van der Waals surface area (Å²) in [4.78, 5) is 11.1. The molecule has 0 aliphatic carbocycles. The fourth-order valence-corrected chi connectivity index (χ4v) is 3.21. The maximum absolute atomic E-state index is 11.1. The molecule has 0 unspecified atom stereocenters. The molecule has 0 saturated heterocycles. The third-order valence-electron chi connectivity index (χ3n) is 2.37. The topological polar surface area (TPSA) is 69.9 Å². The maximum Gasteiger partial charge on any atom is 0.316 e. The summed E-state index contributed by atoms with van der Waals surface area (Å²) in [6.45, 7) is 4.76. The van der Waals surface area contributed by atoms with Crippen LogP contribution in [-0.2, 0) is 16.1 Å². The number of aryl methyl sites for hydroxylation is 2. The molecule has 0 spiro atoms. The van der Waals surface area contributed by atoms with Crippen LogP contribution < -0.4 is 0 Å². The van der Waals surface area contributed by atoms with Gasteiger partial charge in [-0.3, -0.25) is 9.48 Å². The lowest BCUT2D eigenvalue weighted by Gasteiger charge is -1.99. The molecule has 2 heterocycles. The van der Waals surface area contributed by atoms with Gasteiger partial charge in [0.05, 0.1) is 24.3 Å². The van der Waals surface area contributed by atoms with Gasteiger partial charge in [-0.25, -0.2) is 0 Å². The zero-order chi connectivity index (χ0) is 13.8. The lowest BCUT2D eigenvalue weighted by molar-refractivity contribution is -0.137. The van der Waals surface area contributed by atoms with E-state index in [1.54, 1.807) is 0 Å². The molecule has 0 N–H and O–H groups in total. The molecule has 0 radical (unpaired) electrons. The van der Waals surface area contributed by atoms with Gasteiger partial charge >= 0.3 is 5.97 Å². The first-order valence-corrected chi connectivity index (χ1v) is 7.52. The summed E-state index contributed by atoms with van der Waals surface area (Å²) >= 11 is 2.78. The third-order valence-corrected chi connectivity index (χ3v) is 4.42. The fourth-order valence-electron chi connectivity index (χ4n) is 1.51. The Morgan fingerprint density at radius 3 is 3.00 bits per heavy atom. The number of esters is 1. The molecule has 102 valence electrons. The molecule has 6 nitrogen and oxygen atoms in total. The van der Waals surface area contributed by atoms with Crippen LogP contribution in [0, 0.1) is 6.92 Å². The van der Waals surface area contributed by atoms with E-state index in [1.165, 1.54) is 30.2 Å². The van der Waals surface area contributed by atoms with Crippen LogP contribution in [0.25, 0.3) is 10.7 Å². The first-order chi connectivity index (χ1) is 9.13. The van der Waals surface area contributed by atoms with Crippen molar-refractivity contribution in [2.45, 2.75) is 24.7 Å². The van der Waals surface area contributed by atoms with Gasteiger partial charge in [0, 0.05) is 6.54 Å². The van der Waals surface area contributed by atoms with Crippen LogP contribution in [0.3, 0.4) is 0 Å². The summed E-state index contributed by atoms with van der Waals surface area (Å²) in [5.41, 5.74) is 1.92. The van der Waals surface area contributed by atoms with E-state index in [4.69, 9.17) is 0 Å². The molecule has 0 fully saturated rings. The Bertz CT molecular complexity index is 579. The highest BCUT2D eigenvalue weighted by molar-refractivity contribution is 8.01. The van der Waals surface area contributed by atoms with E-state index < -0.39 is 0 Å². The lowest BCUT2D eigenvalue weighted by Crippen LogP contribution is -2.02. The van der Waals surface area contributed by atoms with Crippen molar-refractivity contribution in [1.82, 2.24) is 20.0 Å². The number of thioether (sulfide) groups is 1. The van der Waals surface area contributed by atoms with Gasteiger partial charge in [0.2, 0.25) is 0 Å². The van der Waals surface area contributed by atoms with Gasteiger partial charge in [-0.1, -0.05) is 23.1 Å². The van der Waals surface area contributed by atoms with Gasteiger partial charge in [0.25, 0.3) is 0 Å². The second-order valence-electron chi connectivity index (χ2n) is 3.72. The van der Waals surface area contributed by atoms with Gasteiger partial charge in [-0.2, -0.15) is 5.10 Å². The predicted octanol–water partition coefficient (Wildman–Crippen LogP) is 2.00. The molecule has 0 saturated carbocycles. The molecule has 2 rings (SSSR count). The zero-order valence-corrected chi connectivity index (χ0v) is 12.5. The number of methoxy groups -OCH3 is 1. The number of aromatic nitrogens is 4. The van der Waals surface area contributed by atoms with E-state index in [-0.39, 0.29) is 11.7 Å². The van der Waals surface area contributed by atoms with Crippen LogP contribution in [0.5, 0.6) is 0 Å². The summed E-state index contributed by atoms with van der Waals surface area (Å²) in [5, 5.41) is 13.4. The van der Waals surface area contributed by atoms with Crippen LogP contribution in [0.1, 0.15) is 12.6 Å². The van der Waals surface area contributed by atoms with Gasteiger partial charge in [0.15, 0.2) is 9.35 Å². The largest absolute Gasteiger partial charge is 0.468 e. The van der Waals surface area contributed by atoms with E-state index in [2.05, 4.69) is 20.0 Å². The standard InChI is InChI=1S/C11H14N4O2S2/c1-4-15-8(5-7(2)14-15)10-12-13-11(19-10)18-6-9(16)17-3/h5H,4,6H2,1-3H3. The number of ether oxygens (including phenoxy) is 1. The van der Waals surface area contributed by atoms with Crippen molar-refractivity contribution in [3.8, 4) is 10.7 Å². The summed E-state index contributed by atoms with van der Waals surface area (Å²) in [6.07, 6.45) is 0. The fraction of sp³-hybridized carbons (Fsp3) is 0.455. The van der Waals surface area contributed by atoms with Gasteiger partial charge in [0.1, 0.15) is 0 Å². The first-order valence-electron chi connectivity index (χ1n) is 5.72. The second kappa shape index (κ2) is 6.16. The van der Waals surface area contributed by atoms with Crippen molar-refractivity contribution in [3.63, 3.8) is 0 Å². The Morgan fingerprint density at radius 1 is 1.53 bits per heavy atom. The zero-order valence-electron chi connectivity index (χ0n) is 10.9. The Kier molecular flexibility index (Phi) is 4.54. The highest BCUT2D eigenvalue weighted by Gasteiger charge is 2.13. The van der Waals surface area contributed by atoms with Crippen LogP contribution in [0.2, 0.25) is 0 Å². The van der Waals surface area contributed by atoms with E-state index in [9.17, 15) is 4.79 Å². The number of hydrogen-bond donors (Lipinski definition) is 0. The number of carbonyl (C=O) groups excluding carboxylic acids is 1. The van der Waals surface area contributed by atoms with Crippen molar-refractivity contribution in [3.05, 3.63) is 11.8 Å². The van der Waals surface area contributed by atoms with E-state index in [1.807, 2.05) is 24.6 Å². The summed E-state index contributed by atoms with van der Waals surface area (Å²) < 4.78 is 7.23. The van der Waals surface area contributed by atoms with E-state index in [0.717, 1.165) is 27.3 Å². The summed E-state index contributed by atoms with van der Waals surface area (Å²) in [5.74, 6) is -0.0202. The smallest absolute Gasteiger partial charge is 0.316 e. The Balaban J connectivity index is 2.14. The molecule has 2 aromatic rings. The molecule has 0 aromatic carbocycles. The molecular formula is C11H14N4O2S2. The quantitative estimate of drug-likeness (QED) is 0.621. The highest BCUT2D eigenvalue weighted by Crippen LogP contribution is 2.29. The normalized spacial score (nSPS) is 10.7. The molecular weight excluding hydrogens is 284 g/mol. The number of rotatable bonds is 5. The predicted molar refractivity (Wildman–Crippen MR) is 74.3 cm³/mol. The molecule has 19 heavy (non-hydrogen) atoms. The minimum absolute atomic E-state index is 0.247. The van der Waals surface area contributed by atoms with Crippen molar-refractivity contribution >= 4 is 29.1 Å². The molecule has 0 atom stereocenters. The van der Waals surface area contributed by atoms with Crippen molar-refractivity contribution < 1.29 is 9.53 Å². The monoisotopic (exact) mass is 298 g/mol. The van der Waals surface area contributed by atoms with Gasteiger partial charge in [-0.05, 0) is 19.9 Å². The Labute approximate surface area is 119 Å². The summed E-state index contributed by atoms with van der Waals surface area (Å²) in [6, 6.07) is 1.98. The molecule has 0 bridgehead atoms. The molecule has 2 aromatic heterocycles. The SMILES string of the molecule is CCn1nc(C)cc1-c1nnc(SCC(=O)OC)s1. The first kappa shape index (κ1) is 14.0. The number of carbonyl (C=O) groups is 1. The molecule has 0 aliphatic heterocycles. The van der Waals surface area contributed by atoms with Crippen molar-refractivity contribution in [1.29, 1.82) is 0 Å². The second-order valence-corrected chi connectivity index (χ2v) is 5.92. The van der Waals surface area contributed by atoms with E-state index >= 15 is 0 Å². The van der Waals surface area contributed by atoms with Crippen LogP contribution in [0.4, 0.5) is 0 Å². The van der Waals surface area contributed by atoms with Crippen LogP contribution in [0.15, 0.2) is 10.4 Å². The number of hydrogen-bond acceptors (Lipinski definition) is 7. The van der Waals surface area contributed by atoms with Crippen molar-refractivity contribution in [2.24, 2.45) is 0 Å². The highest BCUT2D eigenvalue weighted by atomic mass is 32.2.